The Hall–Kier alpha value is -1.65. The summed E-state index contributed by atoms with van der Waals surface area (Å²) in [5, 5.41) is 7.33. The Morgan fingerprint density at radius 2 is 1.81 bits per heavy atom. The van der Waals surface area contributed by atoms with Crippen molar-refractivity contribution in [2.45, 2.75) is 71.6 Å². The number of aromatic amines is 1. The maximum Gasteiger partial charge on any atom is 0.197 e. The highest BCUT2D eigenvalue weighted by molar-refractivity contribution is 5.02. The first-order valence-corrected chi connectivity index (χ1v) is 7.87. The van der Waals surface area contributed by atoms with E-state index in [0.29, 0.717) is 17.8 Å². The summed E-state index contributed by atoms with van der Waals surface area (Å²) in [6.07, 6.45) is 4.75. The third-order valence-corrected chi connectivity index (χ3v) is 3.89. The van der Waals surface area contributed by atoms with Crippen LogP contribution < -0.4 is 0 Å². The average molecular weight is 290 g/mol. The van der Waals surface area contributed by atoms with Gasteiger partial charge in [0.2, 0.25) is 0 Å². The highest BCUT2D eigenvalue weighted by Gasteiger charge is 2.17. The van der Waals surface area contributed by atoms with E-state index in [9.17, 15) is 0 Å². The van der Waals surface area contributed by atoms with Crippen molar-refractivity contribution in [2.24, 2.45) is 0 Å². The molecule has 5 heteroatoms. The van der Waals surface area contributed by atoms with Gasteiger partial charge < -0.3 is 4.42 Å². The van der Waals surface area contributed by atoms with E-state index < -0.39 is 0 Å². The van der Waals surface area contributed by atoms with Crippen molar-refractivity contribution in [1.82, 2.24) is 20.2 Å². The number of hydrogen-bond donors (Lipinski definition) is 1. The maximum absolute atomic E-state index is 5.54. The van der Waals surface area contributed by atoms with Crippen LogP contribution in [0.1, 0.15) is 88.4 Å². The summed E-state index contributed by atoms with van der Waals surface area (Å²) in [6.45, 7) is 10.6. The summed E-state index contributed by atoms with van der Waals surface area (Å²) in [5.74, 6) is 3.78. The van der Waals surface area contributed by atoms with Crippen LogP contribution in [-0.4, -0.2) is 20.2 Å². The van der Waals surface area contributed by atoms with E-state index in [0.717, 1.165) is 42.5 Å². The Kier molecular flexibility index (Phi) is 5.15. The van der Waals surface area contributed by atoms with E-state index >= 15 is 0 Å². The molecular weight excluding hydrogens is 264 g/mol. The van der Waals surface area contributed by atoms with Crippen molar-refractivity contribution in [3.05, 3.63) is 29.5 Å². The lowest BCUT2D eigenvalue weighted by Gasteiger charge is -2.11. The van der Waals surface area contributed by atoms with Gasteiger partial charge in [-0.1, -0.05) is 34.6 Å². The van der Waals surface area contributed by atoms with E-state index in [4.69, 9.17) is 4.42 Å². The SMILES string of the molecule is CCc1coc(C(C)CCC(C)c2nc(C(C)C)n[nH]2)n1. The van der Waals surface area contributed by atoms with Gasteiger partial charge in [-0.25, -0.2) is 9.97 Å². The minimum atomic E-state index is 0.334. The van der Waals surface area contributed by atoms with Crippen molar-refractivity contribution >= 4 is 0 Å². The summed E-state index contributed by atoms with van der Waals surface area (Å²) in [6, 6.07) is 0. The molecule has 21 heavy (non-hydrogen) atoms. The van der Waals surface area contributed by atoms with Crippen LogP contribution in [0.15, 0.2) is 10.7 Å². The molecule has 2 heterocycles. The normalized spacial score (nSPS) is 14.6. The van der Waals surface area contributed by atoms with Gasteiger partial charge in [0.1, 0.15) is 12.1 Å². The van der Waals surface area contributed by atoms with E-state index in [1.165, 1.54) is 0 Å². The van der Waals surface area contributed by atoms with Gasteiger partial charge in [-0.2, -0.15) is 5.10 Å². The summed E-state index contributed by atoms with van der Waals surface area (Å²) < 4.78 is 5.54. The van der Waals surface area contributed by atoms with Crippen LogP contribution in [0.3, 0.4) is 0 Å². The molecule has 0 radical (unpaired) electrons. The molecule has 2 atom stereocenters. The Morgan fingerprint density at radius 1 is 1.10 bits per heavy atom. The minimum absolute atomic E-state index is 0.334. The Bertz CT molecular complexity index is 558. The molecule has 0 amide bonds. The van der Waals surface area contributed by atoms with E-state index in [1.54, 1.807) is 6.26 Å². The Morgan fingerprint density at radius 3 is 2.38 bits per heavy atom. The van der Waals surface area contributed by atoms with Gasteiger partial charge in [-0.3, -0.25) is 5.10 Å². The number of H-pyrrole nitrogens is 1. The lowest BCUT2D eigenvalue weighted by molar-refractivity contribution is 0.430. The molecule has 0 bridgehead atoms. The molecule has 0 spiro atoms. The molecule has 2 rings (SSSR count). The number of nitrogens with one attached hydrogen (secondary N) is 1. The minimum Gasteiger partial charge on any atom is -0.448 e. The number of rotatable bonds is 7. The molecule has 0 aromatic carbocycles. The second-order valence-corrected chi connectivity index (χ2v) is 6.14. The molecule has 0 aliphatic heterocycles. The van der Waals surface area contributed by atoms with Gasteiger partial charge in [0.25, 0.3) is 0 Å². The fraction of sp³-hybridized carbons (Fsp3) is 0.688. The monoisotopic (exact) mass is 290 g/mol. The lowest BCUT2D eigenvalue weighted by atomic mass is 9.97. The topological polar surface area (TPSA) is 67.6 Å². The molecule has 2 unspecified atom stereocenters. The Balaban J connectivity index is 1.89. The standard InChI is InChI=1S/C16H26N4O/c1-6-13-9-21-16(17-13)12(5)8-7-11(4)15-18-14(10(2)3)19-20-15/h9-12H,6-8H2,1-5H3,(H,18,19,20). The number of aromatic nitrogens is 4. The molecular formula is C16H26N4O. The summed E-state index contributed by atoms with van der Waals surface area (Å²) in [7, 11) is 0. The van der Waals surface area contributed by atoms with Gasteiger partial charge in [-0.15, -0.1) is 0 Å². The van der Waals surface area contributed by atoms with E-state index in [-0.39, 0.29) is 0 Å². The highest BCUT2D eigenvalue weighted by Crippen LogP contribution is 2.26. The van der Waals surface area contributed by atoms with E-state index in [2.05, 4.69) is 54.8 Å². The quantitative estimate of drug-likeness (QED) is 0.831. The summed E-state index contributed by atoms with van der Waals surface area (Å²) in [4.78, 5) is 9.08. The third-order valence-electron chi connectivity index (χ3n) is 3.89. The van der Waals surface area contributed by atoms with Crippen LogP contribution in [-0.2, 0) is 6.42 Å². The fourth-order valence-electron chi connectivity index (χ4n) is 2.24. The van der Waals surface area contributed by atoms with Crippen LogP contribution in [0.2, 0.25) is 0 Å². The number of hydrogen-bond acceptors (Lipinski definition) is 4. The third kappa shape index (κ3) is 3.93. The van der Waals surface area contributed by atoms with Gasteiger partial charge in [0, 0.05) is 17.8 Å². The van der Waals surface area contributed by atoms with Crippen LogP contribution in [0, 0.1) is 0 Å². The summed E-state index contributed by atoms with van der Waals surface area (Å²) >= 11 is 0. The smallest absolute Gasteiger partial charge is 0.197 e. The van der Waals surface area contributed by atoms with Crippen molar-refractivity contribution in [3.8, 4) is 0 Å². The second kappa shape index (κ2) is 6.87. The predicted octanol–water partition coefficient (Wildman–Crippen LogP) is 4.17. The first-order chi connectivity index (χ1) is 10.0. The van der Waals surface area contributed by atoms with Crippen molar-refractivity contribution in [2.75, 3.05) is 0 Å². The zero-order chi connectivity index (χ0) is 15.4. The van der Waals surface area contributed by atoms with Gasteiger partial charge in [0.15, 0.2) is 11.7 Å². The lowest BCUT2D eigenvalue weighted by Crippen LogP contribution is -2.01. The van der Waals surface area contributed by atoms with Crippen LogP contribution in [0.4, 0.5) is 0 Å². The molecule has 0 fully saturated rings. The Labute approximate surface area is 126 Å². The zero-order valence-corrected chi connectivity index (χ0v) is 13.7. The van der Waals surface area contributed by atoms with Gasteiger partial charge >= 0.3 is 0 Å². The number of oxazole rings is 1. The van der Waals surface area contributed by atoms with E-state index in [1.807, 2.05) is 0 Å². The van der Waals surface area contributed by atoms with Gasteiger partial charge in [0.05, 0.1) is 5.69 Å². The number of nitrogens with zero attached hydrogens (tertiary/aromatic N) is 3. The number of aryl methyl sites for hydroxylation is 1. The predicted molar refractivity (Wildman–Crippen MR) is 82.4 cm³/mol. The van der Waals surface area contributed by atoms with Gasteiger partial charge in [-0.05, 0) is 19.3 Å². The first kappa shape index (κ1) is 15.7. The van der Waals surface area contributed by atoms with Crippen LogP contribution in [0.25, 0.3) is 0 Å². The van der Waals surface area contributed by atoms with Crippen LogP contribution >= 0.6 is 0 Å². The highest BCUT2D eigenvalue weighted by atomic mass is 16.3. The zero-order valence-electron chi connectivity index (χ0n) is 13.7. The molecule has 5 nitrogen and oxygen atoms in total. The van der Waals surface area contributed by atoms with Crippen molar-refractivity contribution in [1.29, 1.82) is 0 Å². The molecule has 2 aromatic rings. The molecule has 2 aromatic heterocycles. The molecule has 116 valence electrons. The largest absolute Gasteiger partial charge is 0.448 e. The fourth-order valence-corrected chi connectivity index (χ4v) is 2.24. The molecule has 1 N–H and O–H groups in total. The van der Waals surface area contributed by atoms with Crippen molar-refractivity contribution < 1.29 is 4.42 Å². The second-order valence-electron chi connectivity index (χ2n) is 6.14. The van der Waals surface area contributed by atoms with Crippen LogP contribution in [0.5, 0.6) is 0 Å². The average Bonchev–Trinajstić information content (AvgIpc) is 3.12. The maximum atomic E-state index is 5.54. The molecule has 0 aliphatic rings. The molecule has 0 saturated heterocycles. The van der Waals surface area contributed by atoms with Crippen molar-refractivity contribution in [3.63, 3.8) is 0 Å². The first-order valence-electron chi connectivity index (χ1n) is 7.87. The molecule has 0 aliphatic carbocycles. The summed E-state index contributed by atoms with van der Waals surface area (Å²) in [5.41, 5.74) is 1.03. The molecule has 0 saturated carbocycles.